The van der Waals surface area contributed by atoms with E-state index in [2.05, 4.69) is 44.4 Å². The largest absolute Gasteiger partial charge is 0.386 e. The lowest BCUT2D eigenvalue weighted by molar-refractivity contribution is -0.0733. The molecule has 0 unspecified atom stereocenters. The van der Waals surface area contributed by atoms with Crippen LogP contribution >= 0.6 is 0 Å². The van der Waals surface area contributed by atoms with Gasteiger partial charge in [-0.1, -0.05) is 46.6 Å². The second-order valence-electron chi connectivity index (χ2n) is 7.32. The predicted molar refractivity (Wildman–Crippen MR) is 102 cm³/mol. The molecule has 1 N–H and O–H groups in total. The van der Waals surface area contributed by atoms with Crippen molar-refractivity contribution in [2.75, 3.05) is 13.7 Å². The van der Waals surface area contributed by atoms with Crippen molar-refractivity contribution in [3.05, 3.63) is 12.7 Å². The number of aliphatic hydroxyl groups excluding tert-OH is 1. The fourth-order valence-electron chi connectivity index (χ4n) is 3.82. The fraction of sp³-hybridized carbons (Fsp3) is 0.850. The maximum Gasteiger partial charge on any atom is 0.0996 e. The Morgan fingerprint density at radius 2 is 2.04 bits per heavy atom. The summed E-state index contributed by atoms with van der Waals surface area (Å²) in [5.41, 5.74) is -0.467. The Bertz CT molecular complexity index is 398. The molecule has 4 heteroatoms. The van der Waals surface area contributed by atoms with Gasteiger partial charge in [-0.3, -0.25) is 5.01 Å². The van der Waals surface area contributed by atoms with E-state index >= 15 is 0 Å². The van der Waals surface area contributed by atoms with E-state index in [1.54, 1.807) is 6.21 Å². The van der Waals surface area contributed by atoms with E-state index in [1.807, 2.05) is 13.2 Å². The maximum absolute atomic E-state index is 10.6. The minimum atomic E-state index is -0.608. The molecule has 0 bridgehead atoms. The number of hydrogen-bond donors (Lipinski definition) is 1. The first-order valence-electron chi connectivity index (χ1n) is 9.60. The number of hydrogen-bond acceptors (Lipinski definition) is 4. The summed E-state index contributed by atoms with van der Waals surface area (Å²) < 4.78 is 5.90. The number of ether oxygens (including phenoxy) is 1. The Morgan fingerprint density at radius 1 is 1.38 bits per heavy atom. The molecule has 0 aromatic rings. The molecule has 0 radical (unpaired) electrons. The van der Waals surface area contributed by atoms with E-state index < -0.39 is 6.10 Å². The van der Waals surface area contributed by atoms with Crippen LogP contribution in [0.2, 0.25) is 0 Å². The minimum Gasteiger partial charge on any atom is -0.386 e. The molecule has 24 heavy (non-hydrogen) atoms. The fourth-order valence-corrected chi connectivity index (χ4v) is 3.82. The van der Waals surface area contributed by atoms with Gasteiger partial charge < -0.3 is 9.84 Å². The van der Waals surface area contributed by atoms with Crippen molar-refractivity contribution < 1.29 is 9.84 Å². The van der Waals surface area contributed by atoms with E-state index in [0.29, 0.717) is 0 Å². The second-order valence-corrected chi connectivity index (χ2v) is 7.32. The smallest absolute Gasteiger partial charge is 0.0996 e. The van der Waals surface area contributed by atoms with E-state index in [1.165, 1.54) is 0 Å². The van der Waals surface area contributed by atoms with Gasteiger partial charge in [0, 0.05) is 19.1 Å². The first-order chi connectivity index (χ1) is 11.4. The van der Waals surface area contributed by atoms with Crippen LogP contribution in [-0.4, -0.2) is 47.7 Å². The van der Waals surface area contributed by atoms with Gasteiger partial charge in [0.1, 0.15) is 0 Å². The Morgan fingerprint density at radius 3 is 2.54 bits per heavy atom. The van der Waals surface area contributed by atoms with Gasteiger partial charge in [-0.25, -0.2) is 0 Å². The summed E-state index contributed by atoms with van der Waals surface area (Å²) in [5.74, 6) is 0. The zero-order valence-corrected chi connectivity index (χ0v) is 16.4. The van der Waals surface area contributed by atoms with E-state index in [0.717, 1.165) is 51.5 Å². The van der Waals surface area contributed by atoms with Crippen molar-refractivity contribution in [1.29, 1.82) is 0 Å². The molecule has 1 rings (SSSR count). The van der Waals surface area contributed by atoms with E-state index in [-0.39, 0.29) is 17.1 Å². The Kier molecular flexibility index (Phi) is 8.44. The molecule has 0 aromatic carbocycles. The van der Waals surface area contributed by atoms with Crippen LogP contribution < -0.4 is 0 Å². The summed E-state index contributed by atoms with van der Waals surface area (Å²) in [7, 11) is 1.81. The van der Waals surface area contributed by atoms with Crippen LogP contribution in [0, 0.1) is 5.41 Å². The first kappa shape index (κ1) is 21.2. The molecule has 0 aliphatic carbocycles. The molecule has 3 atom stereocenters. The highest BCUT2D eigenvalue weighted by atomic mass is 16.5. The van der Waals surface area contributed by atoms with Crippen LogP contribution in [0.1, 0.15) is 72.6 Å². The van der Waals surface area contributed by atoms with Gasteiger partial charge in [0.15, 0.2) is 0 Å². The summed E-state index contributed by atoms with van der Waals surface area (Å²) >= 11 is 0. The van der Waals surface area contributed by atoms with Crippen molar-refractivity contribution in [2.45, 2.75) is 90.4 Å². The topological polar surface area (TPSA) is 45.1 Å². The van der Waals surface area contributed by atoms with Crippen LogP contribution in [-0.2, 0) is 4.74 Å². The Hall–Kier alpha value is -0.870. The summed E-state index contributed by atoms with van der Waals surface area (Å²) in [6.07, 6.45) is 10.3. The summed E-state index contributed by atoms with van der Waals surface area (Å²) in [6.45, 7) is 13.4. The molecule has 1 aliphatic rings. The number of hydrazone groups is 1. The molecule has 0 saturated carbocycles. The highest BCUT2D eigenvalue weighted by Crippen LogP contribution is 2.35. The molecule has 1 fully saturated rings. The molecule has 1 heterocycles. The molecule has 1 aliphatic heterocycles. The van der Waals surface area contributed by atoms with Gasteiger partial charge in [-0.2, -0.15) is 5.10 Å². The maximum atomic E-state index is 10.6. The van der Waals surface area contributed by atoms with Crippen LogP contribution in [0.25, 0.3) is 0 Å². The van der Waals surface area contributed by atoms with Crippen molar-refractivity contribution in [1.82, 2.24) is 5.01 Å². The lowest BCUT2D eigenvalue weighted by Gasteiger charge is -2.40. The summed E-state index contributed by atoms with van der Waals surface area (Å²) in [6, 6.07) is 0.284. The SMILES string of the molecule is C=C[C@](C)(CCCC)[C@@H](O)/C=N/N1CCC[C@H]1C(CC)(CC)OC. The van der Waals surface area contributed by atoms with Gasteiger partial charge in [-0.05, 0) is 32.1 Å². The van der Waals surface area contributed by atoms with Crippen LogP contribution in [0.15, 0.2) is 17.8 Å². The average Bonchev–Trinajstić information content (AvgIpc) is 3.08. The van der Waals surface area contributed by atoms with Gasteiger partial charge >= 0.3 is 0 Å². The lowest BCUT2D eigenvalue weighted by Crippen LogP contribution is -2.49. The molecule has 140 valence electrons. The second kappa shape index (κ2) is 9.57. The minimum absolute atomic E-state index is 0.150. The number of nitrogens with zero attached hydrogens (tertiary/aromatic N) is 2. The van der Waals surface area contributed by atoms with Gasteiger partial charge in [0.25, 0.3) is 0 Å². The van der Waals surface area contributed by atoms with Crippen molar-refractivity contribution in [3.63, 3.8) is 0 Å². The molecule has 0 amide bonds. The lowest BCUT2D eigenvalue weighted by atomic mass is 9.80. The average molecular weight is 339 g/mol. The molecule has 0 aromatic heterocycles. The van der Waals surface area contributed by atoms with Crippen molar-refractivity contribution >= 4 is 6.21 Å². The van der Waals surface area contributed by atoms with Gasteiger partial charge in [0.05, 0.1) is 24.0 Å². The highest BCUT2D eigenvalue weighted by Gasteiger charge is 2.42. The molecule has 0 spiro atoms. The normalized spacial score (nSPS) is 22.8. The number of aliphatic hydroxyl groups is 1. The molecular weight excluding hydrogens is 300 g/mol. The predicted octanol–water partition coefficient (Wildman–Crippen LogP) is 4.39. The third-order valence-electron chi connectivity index (χ3n) is 6.00. The third-order valence-corrected chi connectivity index (χ3v) is 6.00. The van der Waals surface area contributed by atoms with Crippen LogP contribution in [0.3, 0.4) is 0 Å². The van der Waals surface area contributed by atoms with Crippen molar-refractivity contribution in [2.24, 2.45) is 10.5 Å². The number of methoxy groups -OCH3 is 1. The van der Waals surface area contributed by atoms with Crippen molar-refractivity contribution in [3.8, 4) is 0 Å². The third kappa shape index (κ3) is 4.60. The standard InChI is InChI=1S/C20H38N2O2/c1-7-11-14-19(5,8-2)18(23)16-21-22-15-12-13-17(22)20(9-3,10-4)24-6/h8,16-18,23H,2,7,9-15H2,1,3-6H3/b21-16+/t17-,18-,19+/m0/s1. The van der Waals surface area contributed by atoms with E-state index in [4.69, 9.17) is 4.74 Å². The quantitative estimate of drug-likeness (QED) is 0.449. The van der Waals surface area contributed by atoms with Gasteiger partial charge in [-0.15, -0.1) is 6.58 Å². The number of unbranched alkanes of at least 4 members (excludes halogenated alkanes) is 1. The highest BCUT2D eigenvalue weighted by molar-refractivity contribution is 5.64. The molecular formula is C20H38N2O2. The molecule has 4 nitrogen and oxygen atoms in total. The molecule has 1 saturated heterocycles. The Labute approximate surface area is 149 Å². The van der Waals surface area contributed by atoms with Crippen LogP contribution in [0.4, 0.5) is 0 Å². The first-order valence-corrected chi connectivity index (χ1v) is 9.60. The monoisotopic (exact) mass is 338 g/mol. The summed E-state index contributed by atoms with van der Waals surface area (Å²) in [5, 5.41) is 17.4. The van der Waals surface area contributed by atoms with E-state index in [9.17, 15) is 5.11 Å². The zero-order chi connectivity index (χ0) is 18.2. The van der Waals surface area contributed by atoms with Gasteiger partial charge in [0.2, 0.25) is 0 Å². The number of rotatable bonds is 11. The van der Waals surface area contributed by atoms with Crippen LogP contribution in [0.5, 0.6) is 0 Å². The zero-order valence-electron chi connectivity index (χ0n) is 16.4. The summed E-state index contributed by atoms with van der Waals surface area (Å²) in [4.78, 5) is 0. The Balaban J connectivity index is 2.85.